The van der Waals surface area contributed by atoms with Crippen LogP contribution in [0.25, 0.3) is 10.8 Å². The van der Waals surface area contributed by atoms with Crippen LogP contribution in [0.4, 0.5) is 5.69 Å². The van der Waals surface area contributed by atoms with Crippen molar-refractivity contribution in [2.45, 2.75) is 26.8 Å². The Balaban J connectivity index is 1.94. The first-order valence-corrected chi connectivity index (χ1v) is 7.31. The van der Waals surface area contributed by atoms with Gasteiger partial charge < -0.3 is 5.32 Å². The number of nitrogens with one attached hydrogen (secondary N) is 1. The molecule has 2 aromatic carbocycles. The van der Waals surface area contributed by atoms with E-state index in [0.29, 0.717) is 0 Å². The normalized spacial score (nSPS) is 12.3. The van der Waals surface area contributed by atoms with Crippen LogP contribution in [-0.2, 0) is 0 Å². The summed E-state index contributed by atoms with van der Waals surface area (Å²) in [6.07, 6.45) is 3.76. The highest BCUT2D eigenvalue weighted by Gasteiger charge is 2.08. The van der Waals surface area contributed by atoms with Crippen molar-refractivity contribution in [3.63, 3.8) is 0 Å². The first-order chi connectivity index (χ1) is 10.1. The molecule has 3 aromatic rings. The first-order valence-electron chi connectivity index (χ1n) is 7.31. The number of hydrogen-bond acceptors (Lipinski definition) is 2. The van der Waals surface area contributed by atoms with Crippen LogP contribution in [0.3, 0.4) is 0 Å². The van der Waals surface area contributed by atoms with E-state index in [1.165, 1.54) is 22.1 Å². The van der Waals surface area contributed by atoms with Crippen molar-refractivity contribution in [3.05, 3.63) is 71.5 Å². The summed E-state index contributed by atoms with van der Waals surface area (Å²) in [6, 6.07) is 15.3. The van der Waals surface area contributed by atoms with Crippen LogP contribution in [-0.4, -0.2) is 4.98 Å². The number of hydrogen-bond donors (Lipinski definition) is 1. The van der Waals surface area contributed by atoms with E-state index in [-0.39, 0.29) is 6.04 Å². The van der Waals surface area contributed by atoms with Crippen LogP contribution in [0.2, 0.25) is 0 Å². The van der Waals surface area contributed by atoms with Crippen LogP contribution < -0.4 is 5.32 Å². The van der Waals surface area contributed by atoms with E-state index in [1.54, 1.807) is 0 Å². The Morgan fingerprint density at radius 1 is 1.00 bits per heavy atom. The Kier molecular flexibility index (Phi) is 3.61. The molecule has 0 amide bonds. The molecule has 1 N–H and O–H groups in total. The van der Waals surface area contributed by atoms with Gasteiger partial charge in [-0.25, -0.2) is 0 Å². The maximum Gasteiger partial charge on any atom is 0.0486 e. The van der Waals surface area contributed by atoms with Gasteiger partial charge in [0, 0.05) is 29.5 Å². The van der Waals surface area contributed by atoms with Crippen molar-refractivity contribution in [1.29, 1.82) is 0 Å². The third-order valence-electron chi connectivity index (χ3n) is 3.80. The zero-order chi connectivity index (χ0) is 14.8. The molecule has 0 aliphatic heterocycles. The van der Waals surface area contributed by atoms with Crippen molar-refractivity contribution < 1.29 is 0 Å². The fourth-order valence-electron chi connectivity index (χ4n) is 2.82. The number of anilines is 1. The number of rotatable bonds is 3. The predicted octanol–water partition coefficient (Wildman–Crippen LogP) is 5.02. The number of pyridine rings is 1. The summed E-state index contributed by atoms with van der Waals surface area (Å²) in [4.78, 5) is 4.24. The molecule has 1 atom stereocenters. The van der Waals surface area contributed by atoms with Gasteiger partial charge in [-0.15, -0.1) is 0 Å². The number of aromatic nitrogens is 1. The van der Waals surface area contributed by atoms with Gasteiger partial charge in [0.15, 0.2) is 0 Å². The number of fused-ring (bicyclic) bond motifs is 1. The highest BCUT2D eigenvalue weighted by atomic mass is 14.9. The molecule has 0 aliphatic rings. The van der Waals surface area contributed by atoms with Crippen LogP contribution >= 0.6 is 0 Å². The number of benzene rings is 2. The molecule has 0 fully saturated rings. The maximum absolute atomic E-state index is 4.24. The van der Waals surface area contributed by atoms with Crippen LogP contribution in [0.1, 0.15) is 29.7 Å². The van der Waals surface area contributed by atoms with Gasteiger partial charge in [0.1, 0.15) is 0 Å². The Morgan fingerprint density at radius 2 is 1.76 bits per heavy atom. The molecule has 2 nitrogen and oxygen atoms in total. The number of aryl methyl sites for hydroxylation is 2. The molecule has 3 rings (SSSR count). The molecular formula is C19H20N2. The average molecular weight is 276 g/mol. The molecule has 0 aliphatic carbocycles. The lowest BCUT2D eigenvalue weighted by Crippen LogP contribution is -2.07. The molecule has 0 spiro atoms. The van der Waals surface area contributed by atoms with E-state index < -0.39 is 0 Å². The summed E-state index contributed by atoms with van der Waals surface area (Å²) in [6.45, 7) is 6.49. The Bertz CT molecular complexity index is 752. The smallest absolute Gasteiger partial charge is 0.0486 e. The molecular weight excluding hydrogens is 256 g/mol. The second-order valence-corrected chi connectivity index (χ2v) is 5.69. The highest BCUT2D eigenvalue weighted by molar-refractivity contribution is 5.93. The fourth-order valence-corrected chi connectivity index (χ4v) is 2.82. The van der Waals surface area contributed by atoms with E-state index in [1.807, 2.05) is 18.5 Å². The molecule has 21 heavy (non-hydrogen) atoms. The van der Waals surface area contributed by atoms with E-state index in [9.17, 15) is 0 Å². The molecule has 106 valence electrons. The van der Waals surface area contributed by atoms with Crippen LogP contribution in [0.5, 0.6) is 0 Å². The summed E-state index contributed by atoms with van der Waals surface area (Å²) in [5, 5.41) is 5.99. The third-order valence-corrected chi connectivity index (χ3v) is 3.80. The van der Waals surface area contributed by atoms with E-state index in [2.05, 4.69) is 67.5 Å². The zero-order valence-electron chi connectivity index (χ0n) is 12.7. The van der Waals surface area contributed by atoms with E-state index in [4.69, 9.17) is 0 Å². The lowest BCUT2D eigenvalue weighted by molar-refractivity contribution is 0.882. The number of nitrogens with zero attached hydrogens (tertiary/aromatic N) is 1. The van der Waals surface area contributed by atoms with E-state index >= 15 is 0 Å². The van der Waals surface area contributed by atoms with Gasteiger partial charge >= 0.3 is 0 Å². The first kappa shape index (κ1) is 13.6. The summed E-state index contributed by atoms with van der Waals surface area (Å²) in [5.74, 6) is 0. The largest absolute Gasteiger partial charge is 0.378 e. The summed E-state index contributed by atoms with van der Waals surface area (Å²) in [5.41, 5.74) is 5.05. The molecule has 0 saturated heterocycles. The zero-order valence-corrected chi connectivity index (χ0v) is 12.7. The standard InChI is InChI=1S/C19H20N2/c1-13-9-14(2)11-17(10-13)15(3)21-19-6-4-5-16-7-8-20-12-18(16)19/h4-12,15,21H,1-3H3. The molecule has 0 saturated carbocycles. The summed E-state index contributed by atoms with van der Waals surface area (Å²) in [7, 11) is 0. The van der Waals surface area contributed by atoms with E-state index in [0.717, 1.165) is 11.1 Å². The van der Waals surface area contributed by atoms with Gasteiger partial charge in [-0.2, -0.15) is 0 Å². The van der Waals surface area contributed by atoms with Gasteiger partial charge in [0.05, 0.1) is 0 Å². The topological polar surface area (TPSA) is 24.9 Å². The predicted molar refractivity (Wildman–Crippen MR) is 89.7 cm³/mol. The van der Waals surface area contributed by atoms with Crippen LogP contribution in [0.15, 0.2) is 54.9 Å². The van der Waals surface area contributed by atoms with Gasteiger partial charge in [0.2, 0.25) is 0 Å². The summed E-state index contributed by atoms with van der Waals surface area (Å²) < 4.78 is 0. The molecule has 1 heterocycles. The second kappa shape index (κ2) is 5.57. The Hall–Kier alpha value is -2.35. The SMILES string of the molecule is Cc1cc(C)cc(C(C)Nc2cccc3ccncc23)c1. The molecule has 2 heteroatoms. The Morgan fingerprint density at radius 3 is 2.52 bits per heavy atom. The van der Waals surface area contributed by atoms with Crippen molar-refractivity contribution in [3.8, 4) is 0 Å². The quantitative estimate of drug-likeness (QED) is 0.726. The van der Waals surface area contributed by atoms with Crippen LogP contribution in [0, 0.1) is 13.8 Å². The van der Waals surface area contributed by atoms with Gasteiger partial charge in [-0.3, -0.25) is 4.98 Å². The van der Waals surface area contributed by atoms with Gasteiger partial charge in [-0.05, 0) is 43.9 Å². The minimum absolute atomic E-state index is 0.259. The molecule has 1 unspecified atom stereocenters. The van der Waals surface area contributed by atoms with Gasteiger partial charge in [-0.1, -0.05) is 41.5 Å². The second-order valence-electron chi connectivity index (χ2n) is 5.69. The lowest BCUT2D eigenvalue weighted by atomic mass is 10.0. The van der Waals surface area contributed by atoms with Crippen molar-refractivity contribution in [2.75, 3.05) is 5.32 Å². The lowest BCUT2D eigenvalue weighted by Gasteiger charge is -2.18. The summed E-state index contributed by atoms with van der Waals surface area (Å²) >= 11 is 0. The highest BCUT2D eigenvalue weighted by Crippen LogP contribution is 2.27. The molecule has 0 radical (unpaired) electrons. The minimum Gasteiger partial charge on any atom is -0.378 e. The minimum atomic E-state index is 0.259. The fraction of sp³-hybridized carbons (Fsp3) is 0.211. The van der Waals surface area contributed by atoms with Crippen molar-refractivity contribution in [1.82, 2.24) is 4.98 Å². The van der Waals surface area contributed by atoms with Crippen molar-refractivity contribution in [2.24, 2.45) is 0 Å². The Labute approximate surface area is 125 Å². The average Bonchev–Trinajstić information content (AvgIpc) is 2.46. The monoisotopic (exact) mass is 276 g/mol. The van der Waals surface area contributed by atoms with Gasteiger partial charge in [0.25, 0.3) is 0 Å². The maximum atomic E-state index is 4.24. The molecule has 1 aromatic heterocycles. The molecule has 0 bridgehead atoms. The third kappa shape index (κ3) is 2.89. The van der Waals surface area contributed by atoms with Crippen molar-refractivity contribution >= 4 is 16.5 Å².